The van der Waals surface area contributed by atoms with Crippen LogP contribution in [0.3, 0.4) is 0 Å². The highest BCUT2D eigenvalue weighted by Gasteiger charge is 2.13. The Morgan fingerprint density at radius 2 is 1.87 bits per heavy atom. The molecule has 158 valence electrons. The van der Waals surface area contributed by atoms with Crippen LogP contribution in [0.2, 0.25) is 5.02 Å². The molecule has 0 atom stereocenters. The van der Waals surface area contributed by atoms with Crippen LogP contribution in [0.5, 0.6) is 5.75 Å². The van der Waals surface area contributed by atoms with E-state index in [-0.39, 0.29) is 5.91 Å². The second kappa shape index (κ2) is 9.67. The minimum Gasteiger partial charge on any atom is -0.496 e. The number of hydrogen-bond donors (Lipinski definition) is 1. The molecule has 0 fully saturated rings. The van der Waals surface area contributed by atoms with Gasteiger partial charge in [-0.1, -0.05) is 48.0 Å². The number of aromatic nitrogens is 2. The van der Waals surface area contributed by atoms with Crippen LogP contribution in [-0.4, -0.2) is 29.1 Å². The van der Waals surface area contributed by atoms with Crippen molar-refractivity contribution >= 4 is 28.5 Å². The third kappa shape index (κ3) is 4.89. The van der Waals surface area contributed by atoms with E-state index in [2.05, 4.69) is 22.0 Å². The first-order valence-electron chi connectivity index (χ1n) is 10.3. The number of benzene rings is 3. The Morgan fingerprint density at radius 3 is 2.71 bits per heavy atom. The van der Waals surface area contributed by atoms with Gasteiger partial charge in [0.05, 0.1) is 24.7 Å². The fraction of sp³-hybridized carbons (Fsp3) is 0.200. The first-order valence-corrected chi connectivity index (χ1v) is 10.6. The first-order chi connectivity index (χ1) is 15.2. The topological polar surface area (TPSA) is 56.1 Å². The van der Waals surface area contributed by atoms with Gasteiger partial charge in [0, 0.05) is 29.1 Å². The molecule has 6 heteroatoms. The molecule has 0 aliphatic heterocycles. The van der Waals surface area contributed by atoms with Gasteiger partial charge < -0.3 is 14.6 Å². The lowest BCUT2D eigenvalue weighted by Crippen LogP contribution is -2.25. The first kappa shape index (κ1) is 20.9. The highest BCUT2D eigenvalue weighted by Crippen LogP contribution is 2.23. The minimum absolute atomic E-state index is 0.120. The second-order valence-corrected chi connectivity index (χ2v) is 7.72. The molecule has 1 aromatic heterocycles. The number of nitrogens with zero attached hydrogens (tertiary/aromatic N) is 2. The van der Waals surface area contributed by atoms with E-state index < -0.39 is 0 Å². The summed E-state index contributed by atoms with van der Waals surface area (Å²) in [5.41, 5.74) is 3.72. The van der Waals surface area contributed by atoms with Crippen LogP contribution in [0.1, 0.15) is 28.2 Å². The number of nitrogens with one attached hydrogen (secondary N) is 1. The van der Waals surface area contributed by atoms with Gasteiger partial charge in [-0.15, -0.1) is 0 Å². The number of imidazole rings is 1. The van der Waals surface area contributed by atoms with Gasteiger partial charge >= 0.3 is 0 Å². The molecule has 0 spiro atoms. The van der Waals surface area contributed by atoms with Crippen molar-refractivity contribution in [2.24, 2.45) is 0 Å². The molecular formula is C25H24ClN3O2. The van der Waals surface area contributed by atoms with E-state index in [0.29, 0.717) is 23.7 Å². The van der Waals surface area contributed by atoms with Crippen molar-refractivity contribution in [2.45, 2.75) is 19.4 Å². The molecule has 0 radical (unpaired) electrons. The highest BCUT2D eigenvalue weighted by molar-refractivity contribution is 6.30. The normalized spacial score (nSPS) is 10.9. The summed E-state index contributed by atoms with van der Waals surface area (Å²) in [5, 5.41) is 3.52. The minimum atomic E-state index is -0.120. The molecule has 0 saturated carbocycles. The number of aryl methyl sites for hydroxylation is 1. The number of carbonyl (C=O) groups is 1. The molecule has 0 saturated heterocycles. The fourth-order valence-corrected chi connectivity index (χ4v) is 3.87. The zero-order valence-electron chi connectivity index (χ0n) is 17.3. The van der Waals surface area contributed by atoms with Gasteiger partial charge in [0.1, 0.15) is 11.6 Å². The summed E-state index contributed by atoms with van der Waals surface area (Å²) >= 11 is 5.97. The number of carbonyl (C=O) groups excluding carboxylic acids is 1. The van der Waals surface area contributed by atoms with Gasteiger partial charge in [0.2, 0.25) is 0 Å². The van der Waals surface area contributed by atoms with Gasteiger partial charge in [-0.2, -0.15) is 0 Å². The molecule has 31 heavy (non-hydrogen) atoms. The Bertz CT molecular complexity index is 1200. The molecular weight excluding hydrogens is 410 g/mol. The molecule has 1 heterocycles. The van der Waals surface area contributed by atoms with Crippen molar-refractivity contribution in [3.8, 4) is 5.75 Å². The van der Waals surface area contributed by atoms with Crippen LogP contribution in [0.25, 0.3) is 11.0 Å². The number of halogens is 1. The number of amides is 1. The summed E-state index contributed by atoms with van der Waals surface area (Å²) in [7, 11) is 1.69. The Kier molecular flexibility index (Phi) is 6.53. The Hall–Kier alpha value is -3.31. The number of hydrogen-bond acceptors (Lipinski definition) is 3. The van der Waals surface area contributed by atoms with Crippen LogP contribution >= 0.6 is 11.6 Å². The number of methoxy groups -OCH3 is 1. The Labute approximate surface area is 186 Å². The average Bonchev–Trinajstić information content (AvgIpc) is 3.14. The second-order valence-electron chi connectivity index (χ2n) is 7.28. The monoisotopic (exact) mass is 433 g/mol. The van der Waals surface area contributed by atoms with E-state index in [0.717, 1.165) is 41.0 Å². The summed E-state index contributed by atoms with van der Waals surface area (Å²) in [6.07, 6.45) is 1.53. The van der Waals surface area contributed by atoms with E-state index in [9.17, 15) is 4.79 Å². The van der Waals surface area contributed by atoms with Crippen LogP contribution in [0.15, 0.2) is 72.8 Å². The standard InChI is InChI=1S/C25H24ClN3O2/c1-31-23-13-5-2-8-19(23)17-29-22-12-4-3-11-21(22)28-24(29)14-7-15-27-25(30)18-9-6-10-20(26)16-18/h2-6,8-13,16H,7,14-15,17H2,1H3,(H,27,30). The molecule has 0 unspecified atom stereocenters. The molecule has 4 rings (SSSR count). The van der Waals surface area contributed by atoms with E-state index in [4.69, 9.17) is 21.3 Å². The van der Waals surface area contributed by atoms with Crippen molar-refractivity contribution in [1.29, 1.82) is 0 Å². The number of rotatable bonds is 8. The predicted molar refractivity (Wildman–Crippen MR) is 124 cm³/mol. The van der Waals surface area contributed by atoms with Gasteiger partial charge in [-0.25, -0.2) is 4.98 Å². The van der Waals surface area contributed by atoms with Crippen molar-refractivity contribution in [2.75, 3.05) is 13.7 Å². The number of para-hydroxylation sites is 3. The average molecular weight is 434 g/mol. The molecule has 0 bridgehead atoms. The van der Waals surface area contributed by atoms with E-state index in [1.807, 2.05) is 36.4 Å². The quantitative estimate of drug-likeness (QED) is 0.393. The van der Waals surface area contributed by atoms with Crippen LogP contribution in [0, 0.1) is 0 Å². The Balaban J connectivity index is 1.47. The van der Waals surface area contributed by atoms with Crippen molar-refractivity contribution in [3.63, 3.8) is 0 Å². The summed E-state index contributed by atoms with van der Waals surface area (Å²) in [6, 6.07) is 23.1. The zero-order chi connectivity index (χ0) is 21.6. The lowest BCUT2D eigenvalue weighted by Gasteiger charge is -2.13. The lowest BCUT2D eigenvalue weighted by molar-refractivity contribution is 0.0953. The molecule has 1 N–H and O–H groups in total. The van der Waals surface area contributed by atoms with E-state index in [1.54, 1.807) is 31.4 Å². The third-order valence-electron chi connectivity index (χ3n) is 5.20. The molecule has 5 nitrogen and oxygen atoms in total. The molecule has 3 aromatic carbocycles. The maximum absolute atomic E-state index is 12.3. The van der Waals surface area contributed by atoms with Crippen LogP contribution < -0.4 is 10.1 Å². The third-order valence-corrected chi connectivity index (χ3v) is 5.44. The van der Waals surface area contributed by atoms with Gasteiger partial charge in [0.25, 0.3) is 5.91 Å². The Morgan fingerprint density at radius 1 is 1.06 bits per heavy atom. The number of fused-ring (bicyclic) bond motifs is 1. The SMILES string of the molecule is COc1ccccc1Cn1c(CCCNC(=O)c2cccc(Cl)c2)nc2ccccc21. The van der Waals surface area contributed by atoms with Crippen molar-refractivity contribution in [3.05, 3.63) is 94.8 Å². The van der Waals surface area contributed by atoms with E-state index >= 15 is 0 Å². The van der Waals surface area contributed by atoms with Crippen molar-refractivity contribution in [1.82, 2.24) is 14.9 Å². The maximum Gasteiger partial charge on any atom is 0.251 e. The predicted octanol–water partition coefficient (Wildman–Crippen LogP) is 5.11. The van der Waals surface area contributed by atoms with Crippen molar-refractivity contribution < 1.29 is 9.53 Å². The molecule has 4 aromatic rings. The van der Waals surface area contributed by atoms with Crippen LogP contribution in [-0.2, 0) is 13.0 Å². The highest BCUT2D eigenvalue weighted by atomic mass is 35.5. The molecule has 1 amide bonds. The van der Waals surface area contributed by atoms with Gasteiger partial charge in [-0.3, -0.25) is 4.79 Å². The lowest BCUT2D eigenvalue weighted by atomic mass is 10.2. The molecule has 0 aliphatic rings. The summed E-state index contributed by atoms with van der Waals surface area (Å²) < 4.78 is 7.76. The smallest absolute Gasteiger partial charge is 0.251 e. The fourth-order valence-electron chi connectivity index (χ4n) is 3.68. The van der Waals surface area contributed by atoms with Gasteiger partial charge in [0.15, 0.2) is 0 Å². The largest absolute Gasteiger partial charge is 0.496 e. The summed E-state index contributed by atoms with van der Waals surface area (Å²) in [6.45, 7) is 1.23. The van der Waals surface area contributed by atoms with Gasteiger partial charge in [-0.05, 0) is 42.8 Å². The summed E-state index contributed by atoms with van der Waals surface area (Å²) in [4.78, 5) is 17.2. The zero-order valence-corrected chi connectivity index (χ0v) is 18.1. The summed E-state index contributed by atoms with van der Waals surface area (Å²) in [5.74, 6) is 1.73. The maximum atomic E-state index is 12.3. The van der Waals surface area contributed by atoms with Crippen LogP contribution in [0.4, 0.5) is 0 Å². The number of ether oxygens (including phenoxy) is 1. The van der Waals surface area contributed by atoms with E-state index in [1.165, 1.54) is 0 Å². The molecule has 0 aliphatic carbocycles.